The molecule has 0 unspecified atom stereocenters. The van der Waals surface area contributed by atoms with Gasteiger partial charge >= 0.3 is 0 Å². The summed E-state index contributed by atoms with van der Waals surface area (Å²) in [5.74, 6) is -1.32. The molecule has 1 heterocycles. The number of sulfonamides is 1. The predicted molar refractivity (Wildman–Crippen MR) is 106 cm³/mol. The highest BCUT2D eigenvalue weighted by atomic mass is 79.9. The molecule has 0 spiro atoms. The summed E-state index contributed by atoms with van der Waals surface area (Å²) >= 11 is 9.41. The normalized spacial score (nSPS) is 16.3. The van der Waals surface area contributed by atoms with Gasteiger partial charge in [-0.2, -0.15) is 4.31 Å². The van der Waals surface area contributed by atoms with Gasteiger partial charge in [-0.05, 0) is 43.2 Å². The second kappa shape index (κ2) is 8.26. The highest BCUT2D eigenvalue weighted by molar-refractivity contribution is 9.10. The zero-order valence-electron chi connectivity index (χ0n) is 14.2. The molecule has 0 bridgehead atoms. The summed E-state index contributed by atoms with van der Waals surface area (Å²) in [6, 6.07) is 10.4. The zero-order chi connectivity index (χ0) is 19.6. The lowest BCUT2D eigenvalue weighted by atomic mass is 9.97. The van der Waals surface area contributed by atoms with E-state index in [1.165, 1.54) is 22.5 Å². The standard InChI is InChI=1S/C18H17BrClFN2O3S/c19-13-5-6-16(14(20)11-13)22-18(24)12-7-9-23(10-8-12)27(25,26)17-4-2-1-3-15(17)21/h1-6,11-12H,7-10H2,(H,22,24). The molecule has 0 atom stereocenters. The third kappa shape index (κ3) is 4.51. The molecular formula is C18H17BrClFN2O3S. The first kappa shape index (κ1) is 20.3. The van der Waals surface area contributed by atoms with Gasteiger partial charge in [-0.3, -0.25) is 4.79 Å². The van der Waals surface area contributed by atoms with Crippen molar-refractivity contribution < 1.29 is 17.6 Å². The van der Waals surface area contributed by atoms with Gasteiger partial charge in [-0.15, -0.1) is 0 Å². The van der Waals surface area contributed by atoms with Gasteiger partial charge in [-0.1, -0.05) is 39.7 Å². The van der Waals surface area contributed by atoms with Crippen molar-refractivity contribution in [1.29, 1.82) is 0 Å². The van der Waals surface area contributed by atoms with Gasteiger partial charge in [0.25, 0.3) is 0 Å². The molecule has 5 nitrogen and oxygen atoms in total. The monoisotopic (exact) mass is 474 g/mol. The highest BCUT2D eigenvalue weighted by Crippen LogP contribution is 2.29. The highest BCUT2D eigenvalue weighted by Gasteiger charge is 2.33. The van der Waals surface area contributed by atoms with Crippen molar-refractivity contribution in [2.24, 2.45) is 5.92 Å². The van der Waals surface area contributed by atoms with Crippen molar-refractivity contribution in [3.05, 3.63) is 57.8 Å². The Kier molecular flexibility index (Phi) is 6.20. The van der Waals surface area contributed by atoms with Crippen LogP contribution in [-0.2, 0) is 14.8 Å². The van der Waals surface area contributed by atoms with E-state index in [-0.39, 0.29) is 29.8 Å². The molecule has 1 N–H and O–H groups in total. The number of amides is 1. The molecule has 1 aliphatic rings. The van der Waals surface area contributed by atoms with Crippen molar-refractivity contribution in [2.75, 3.05) is 18.4 Å². The Hall–Kier alpha value is -1.48. The molecular weight excluding hydrogens is 459 g/mol. The van der Waals surface area contributed by atoms with E-state index in [9.17, 15) is 17.6 Å². The summed E-state index contributed by atoms with van der Waals surface area (Å²) in [4.78, 5) is 12.1. The average molecular weight is 476 g/mol. The van der Waals surface area contributed by atoms with Crippen LogP contribution in [0.1, 0.15) is 12.8 Å². The third-order valence-corrected chi connectivity index (χ3v) is 7.21. The Bertz CT molecular complexity index is 963. The lowest BCUT2D eigenvalue weighted by Crippen LogP contribution is -2.41. The smallest absolute Gasteiger partial charge is 0.245 e. The Labute approximate surface area is 170 Å². The topological polar surface area (TPSA) is 66.5 Å². The van der Waals surface area contributed by atoms with Crippen molar-refractivity contribution >= 4 is 49.1 Å². The average Bonchev–Trinajstić information content (AvgIpc) is 2.64. The number of carbonyl (C=O) groups excluding carboxylic acids is 1. The number of nitrogens with one attached hydrogen (secondary N) is 1. The quantitative estimate of drug-likeness (QED) is 0.718. The van der Waals surface area contributed by atoms with Gasteiger partial charge in [0.05, 0.1) is 10.7 Å². The Morgan fingerprint density at radius 3 is 2.48 bits per heavy atom. The number of benzene rings is 2. The number of halogens is 3. The molecule has 1 saturated heterocycles. The summed E-state index contributed by atoms with van der Waals surface area (Å²) in [5, 5.41) is 3.20. The number of anilines is 1. The van der Waals surface area contributed by atoms with E-state index in [2.05, 4.69) is 21.2 Å². The van der Waals surface area contributed by atoms with E-state index in [1.54, 1.807) is 18.2 Å². The molecule has 0 aromatic heterocycles. The molecule has 2 aromatic rings. The molecule has 1 fully saturated rings. The maximum Gasteiger partial charge on any atom is 0.245 e. The van der Waals surface area contributed by atoms with E-state index in [0.717, 1.165) is 10.5 Å². The Balaban J connectivity index is 1.65. The number of piperidine rings is 1. The van der Waals surface area contributed by atoms with Crippen LogP contribution in [0.4, 0.5) is 10.1 Å². The van der Waals surface area contributed by atoms with Crippen LogP contribution in [0.15, 0.2) is 51.8 Å². The molecule has 3 rings (SSSR count). The van der Waals surface area contributed by atoms with Gasteiger partial charge in [0.15, 0.2) is 0 Å². The van der Waals surface area contributed by atoms with Gasteiger partial charge < -0.3 is 5.32 Å². The fraction of sp³-hybridized carbons (Fsp3) is 0.278. The molecule has 144 valence electrons. The van der Waals surface area contributed by atoms with Crippen LogP contribution in [0, 0.1) is 11.7 Å². The van der Waals surface area contributed by atoms with Gasteiger partial charge in [0.1, 0.15) is 10.7 Å². The molecule has 1 aliphatic heterocycles. The van der Waals surface area contributed by atoms with Crippen LogP contribution in [0.25, 0.3) is 0 Å². The number of nitrogens with zero attached hydrogens (tertiary/aromatic N) is 1. The summed E-state index contributed by atoms with van der Waals surface area (Å²) in [5.41, 5.74) is 0.506. The lowest BCUT2D eigenvalue weighted by molar-refractivity contribution is -0.120. The van der Waals surface area contributed by atoms with E-state index in [4.69, 9.17) is 11.6 Å². The molecule has 0 saturated carbocycles. The largest absolute Gasteiger partial charge is 0.325 e. The van der Waals surface area contributed by atoms with Crippen LogP contribution in [-0.4, -0.2) is 31.7 Å². The van der Waals surface area contributed by atoms with E-state index < -0.39 is 15.8 Å². The number of hydrogen-bond acceptors (Lipinski definition) is 3. The molecule has 0 radical (unpaired) electrons. The second-order valence-corrected chi connectivity index (χ2v) is 9.45. The van der Waals surface area contributed by atoms with E-state index in [0.29, 0.717) is 23.6 Å². The fourth-order valence-electron chi connectivity index (χ4n) is 2.98. The summed E-state index contributed by atoms with van der Waals surface area (Å²) in [6.45, 7) is 0.311. The second-order valence-electron chi connectivity index (χ2n) is 6.22. The van der Waals surface area contributed by atoms with Crippen LogP contribution >= 0.6 is 27.5 Å². The van der Waals surface area contributed by atoms with Crippen LogP contribution < -0.4 is 5.32 Å². The molecule has 2 aromatic carbocycles. The van der Waals surface area contributed by atoms with Crippen LogP contribution in [0.2, 0.25) is 5.02 Å². The minimum atomic E-state index is -3.91. The van der Waals surface area contributed by atoms with Gasteiger partial charge in [0, 0.05) is 23.5 Å². The molecule has 27 heavy (non-hydrogen) atoms. The van der Waals surface area contributed by atoms with Gasteiger partial charge in [0.2, 0.25) is 15.9 Å². The Morgan fingerprint density at radius 1 is 1.19 bits per heavy atom. The van der Waals surface area contributed by atoms with Crippen LogP contribution in [0.3, 0.4) is 0 Å². The SMILES string of the molecule is O=C(Nc1ccc(Br)cc1Cl)C1CCN(S(=O)(=O)c2ccccc2F)CC1. The lowest BCUT2D eigenvalue weighted by Gasteiger charge is -2.30. The van der Waals surface area contributed by atoms with Gasteiger partial charge in [-0.25, -0.2) is 12.8 Å². The first-order valence-corrected chi connectivity index (χ1v) is 10.9. The van der Waals surface area contributed by atoms with Crippen molar-refractivity contribution in [3.63, 3.8) is 0 Å². The van der Waals surface area contributed by atoms with Crippen molar-refractivity contribution in [2.45, 2.75) is 17.7 Å². The zero-order valence-corrected chi connectivity index (χ0v) is 17.3. The first-order valence-electron chi connectivity index (χ1n) is 8.29. The predicted octanol–water partition coefficient (Wildman–Crippen LogP) is 4.28. The molecule has 9 heteroatoms. The minimum absolute atomic E-state index is 0.156. The number of hydrogen-bond donors (Lipinski definition) is 1. The Morgan fingerprint density at radius 2 is 1.85 bits per heavy atom. The van der Waals surface area contributed by atoms with Crippen molar-refractivity contribution in [3.8, 4) is 0 Å². The maximum atomic E-state index is 13.9. The van der Waals surface area contributed by atoms with E-state index in [1.807, 2.05) is 0 Å². The minimum Gasteiger partial charge on any atom is -0.325 e. The summed E-state index contributed by atoms with van der Waals surface area (Å²) < 4.78 is 41.1. The third-order valence-electron chi connectivity index (χ3n) is 4.47. The summed E-state index contributed by atoms with van der Waals surface area (Å²) in [6.07, 6.45) is 0.710. The summed E-state index contributed by atoms with van der Waals surface area (Å²) in [7, 11) is -3.91. The molecule has 0 aliphatic carbocycles. The number of carbonyl (C=O) groups is 1. The molecule has 1 amide bonds. The van der Waals surface area contributed by atoms with E-state index >= 15 is 0 Å². The maximum absolute atomic E-state index is 13.9. The first-order chi connectivity index (χ1) is 12.8. The van der Waals surface area contributed by atoms with Crippen molar-refractivity contribution in [1.82, 2.24) is 4.31 Å². The number of rotatable bonds is 4. The fourth-order valence-corrected chi connectivity index (χ4v) is 5.23. The van der Waals surface area contributed by atoms with Crippen LogP contribution in [0.5, 0.6) is 0 Å².